The summed E-state index contributed by atoms with van der Waals surface area (Å²) >= 11 is 0. The predicted octanol–water partition coefficient (Wildman–Crippen LogP) is 9.35. The summed E-state index contributed by atoms with van der Waals surface area (Å²) in [5.74, 6) is 0.767. The van der Waals surface area contributed by atoms with Crippen molar-refractivity contribution in [3.8, 4) is 0 Å². The zero-order valence-electron chi connectivity index (χ0n) is 21.8. The molecule has 0 saturated heterocycles. The van der Waals surface area contributed by atoms with Gasteiger partial charge in [-0.15, -0.1) is 0 Å². The van der Waals surface area contributed by atoms with Gasteiger partial charge in [-0.3, -0.25) is 0 Å². The first kappa shape index (κ1) is 27.5. The van der Waals surface area contributed by atoms with Gasteiger partial charge in [0.25, 0.3) is 0 Å². The van der Waals surface area contributed by atoms with Gasteiger partial charge in [0.2, 0.25) is 0 Å². The third-order valence-electron chi connectivity index (χ3n) is 7.98. The average Bonchev–Trinajstić information content (AvgIpc) is 2.82. The second-order valence-electron chi connectivity index (χ2n) is 9.43. The molecule has 0 saturated carbocycles. The van der Waals surface area contributed by atoms with Gasteiger partial charge >= 0.3 is 0 Å². The molecule has 0 amide bonds. The van der Waals surface area contributed by atoms with Crippen LogP contribution < -0.4 is 5.32 Å². The van der Waals surface area contributed by atoms with Crippen molar-refractivity contribution >= 4 is 0 Å². The molecule has 0 aliphatic carbocycles. The van der Waals surface area contributed by atoms with Gasteiger partial charge in [0.05, 0.1) is 0 Å². The Balaban J connectivity index is 3.58. The first-order chi connectivity index (χ1) is 14.9. The molecule has 1 aromatic rings. The molecule has 0 radical (unpaired) electrons. The third kappa shape index (κ3) is 6.50. The topological polar surface area (TPSA) is 12.0 Å². The molecule has 1 N–H and O–H groups in total. The van der Waals surface area contributed by atoms with Gasteiger partial charge in [-0.05, 0) is 68.1 Å². The van der Waals surface area contributed by atoms with E-state index in [0.717, 1.165) is 38.0 Å². The SMILES string of the molecule is C=CC(NC(CC)(CCC(C)CCCC)C(CC)(CC)c1ccccc1)=C(CC)CC. The number of rotatable bonds is 16. The molecule has 0 bridgehead atoms. The number of hydrogen-bond acceptors (Lipinski definition) is 1. The maximum Gasteiger partial charge on any atom is 0.0467 e. The average molecular weight is 426 g/mol. The summed E-state index contributed by atoms with van der Waals surface area (Å²) in [5.41, 5.74) is 4.34. The van der Waals surface area contributed by atoms with Gasteiger partial charge < -0.3 is 5.32 Å². The first-order valence-electron chi connectivity index (χ1n) is 13.1. The normalized spacial score (nSPS) is 14.5. The molecule has 1 rings (SSSR count). The number of unbranched alkanes of at least 4 members (excludes halogenated alkanes) is 1. The van der Waals surface area contributed by atoms with Gasteiger partial charge in [-0.25, -0.2) is 0 Å². The summed E-state index contributed by atoms with van der Waals surface area (Å²) in [6, 6.07) is 11.3. The van der Waals surface area contributed by atoms with Crippen LogP contribution in [-0.2, 0) is 5.41 Å². The Labute approximate surface area is 194 Å². The predicted molar refractivity (Wildman–Crippen MR) is 141 cm³/mol. The molecule has 1 aromatic carbocycles. The summed E-state index contributed by atoms with van der Waals surface area (Å²) in [5, 5.41) is 4.18. The zero-order valence-corrected chi connectivity index (χ0v) is 21.8. The van der Waals surface area contributed by atoms with Gasteiger partial charge in [-0.2, -0.15) is 0 Å². The summed E-state index contributed by atoms with van der Waals surface area (Å²) in [4.78, 5) is 0. The molecule has 1 nitrogen and oxygen atoms in total. The minimum absolute atomic E-state index is 0.0114. The highest BCUT2D eigenvalue weighted by atomic mass is 15.0. The molecule has 0 aliphatic rings. The lowest BCUT2D eigenvalue weighted by molar-refractivity contribution is 0.132. The van der Waals surface area contributed by atoms with Crippen LogP contribution in [0.5, 0.6) is 0 Å². The van der Waals surface area contributed by atoms with Crippen molar-refractivity contribution in [2.24, 2.45) is 5.92 Å². The Morgan fingerprint density at radius 2 is 1.55 bits per heavy atom. The van der Waals surface area contributed by atoms with Gasteiger partial charge in [0.15, 0.2) is 0 Å². The van der Waals surface area contributed by atoms with Crippen LogP contribution in [0.3, 0.4) is 0 Å². The highest BCUT2D eigenvalue weighted by Crippen LogP contribution is 2.47. The van der Waals surface area contributed by atoms with Gasteiger partial charge in [0.1, 0.15) is 0 Å². The quantitative estimate of drug-likeness (QED) is 0.260. The fraction of sp³-hybridized carbons (Fsp3) is 0.667. The Morgan fingerprint density at radius 3 is 2.00 bits per heavy atom. The molecule has 0 aromatic heterocycles. The Kier molecular flexibility index (Phi) is 12.3. The number of nitrogens with one attached hydrogen (secondary N) is 1. The minimum Gasteiger partial charge on any atom is -0.379 e. The van der Waals surface area contributed by atoms with Crippen molar-refractivity contribution in [3.05, 3.63) is 59.8 Å². The van der Waals surface area contributed by atoms with Gasteiger partial charge in [-0.1, -0.05) is 105 Å². The fourth-order valence-electron chi connectivity index (χ4n) is 5.76. The maximum atomic E-state index is 4.22. The van der Waals surface area contributed by atoms with Crippen LogP contribution in [-0.4, -0.2) is 5.54 Å². The van der Waals surface area contributed by atoms with E-state index in [-0.39, 0.29) is 11.0 Å². The standard InChI is InChI=1S/C30H51N/c1-9-16-20-25(8)23-24-30(15-7,31-28(12-4)26(10-2)11-3)29(13-5,14-6)27-21-18-17-19-22-27/h12,17-19,21-22,25,31H,4,9-11,13-16,20,23-24H2,1-3,5-8H3. The van der Waals surface area contributed by atoms with E-state index < -0.39 is 0 Å². The molecule has 0 heterocycles. The second kappa shape index (κ2) is 13.8. The fourth-order valence-corrected chi connectivity index (χ4v) is 5.76. The Morgan fingerprint density at radius 1 is 0.935 bits per heavy atom. The van der Waals surface area contributed by atoms with Crippen molar-refractivity contribution in [2.45, 2.75) is 124 Å². The smallest absolute Gasteiger partial charge is 0.0467 e. The summed E-state index contributed by atoms with van der Waals surface area (Å²) in [6.45, 7) is 20.7. The van der Waals surface area contributed by atoms with Crippen LogP contribution >= 0.6 is 0 Å². The number of benzene rings is 1. The number of hydrogen-bond donors (Lipinski definition) is 1. The Bertz CT molecular complexity index is 646. The summed E-state index contributed by atoms with van der Waals surface area (Å²) in [7, 11) is 0. The van der Waals surface area contributed by atoms with Crippen LogP contribution in [0.4, 0.5) is 0 Å². The molecular weight excluding hydrogens is 374 g/mol. The highest BCUT2D eigenvalue weighted by Gasteiger charge is 2.49. The van der Waals surface area contributed by atoms with E-state index in [2.05, 4.69) is 96.8 Å². The molecule has 0 fully saturated rings. The van der Waals surface area contributed by atoms with Gasteiger partial charge in [0, 0.05) is 16.7 Å². The molecule has 2 atom stereocenters. The van der Waals surface area contributed by atoms with E-state index in [1.807, 2.05) is 0 Å². The molecule has 2 unspecified atom stereocenters. The first-order valence-corrected chi connectivity index (χ1v) is 13.1. The molecule has 1 heteroatoms. The van der Waals surface area contributed by atoms with E-state index in [1.165, 1.54) is 48.9 Å². The van der Waals surface area contributed by atoms with Crippen molar-refractivity contribution in [1.29, 1.82) is 0 Å². The van der Waals surface area contributed by atoms with Crippen molar-refractivity contribution in [3.63, 3.8) is 0 Å². The lowest BCUT2D eigenvalue weighted by Gasteiger charge is -2.53. The lowest BCUT2D eigenvalue weighted by Crippen LogP contribution is -2.60. The molecular formula is C30H51N. The van der Waals surface area contributed by atoms with Crippen molar-refractivity contribution < 1.29 is 0 Å². The lowest BCUT2D eigenvalue weighted by atomic mass is 9.58. The van der Waals surface area contributed by atoms with E-state index in [0.29, 0.717) is 0 Å². The molecule has 176 valence electrons. The highest BCUT2D eigenvalue weighted by molar-refractivity contribution is 5.34. The van der Waals surface area contributed by atoms with Crippen LogP contribution in [0, 0.1) is 5.92 Å². The summed E-state index contributed by atoms with van der Waals surface area (Å²) in [6.07, 6.45) is 14.1. The van der Waals surface area contributed by atoms with E-state index >= 15 is 0 Å². The second-order valence-corrected chi connectivity index (χ2v) is 9.43. The van der Waals surface area contributed by atoms with Crippen molar-refractivity contribution in [1.82, 2.24) is 5.32 Å². The van der Waals surface area contributed by atoms with Crippen LogP contribution in [0.2, 0.25) is 0 Å². The monoisotopic (exact) mass is 425 g/mol. The molecule has 0 aliphatic heterocycles. The van der Waals surface area contributed by atoms with Crippen molar-refractivity contribution in [2.75, 3.05) is 0 Å². The largest absolute Gasteiger partial charge is 0.379 e. The van der Waals surface area contributed by atoms with E-state index in [4.69, 9.17) is 0 Å². The van der Waals surface area contributed by atoms with E-state index in [9.17, 15) is 0 Å². The van der Waals surface area contributed by atoms with Crippen LogP contribution in [0.1, 0.15) is 118 Å². The zero-order chi connectivity index (χ0) is 23.3. The number of allylic oxidation sites excluding steroid dienone is 2. The molecule has 0 spiro atoms. The third-order valence-corrected chi connectivity index (χ3v) is 7.98. The van der Waals surface area contributed by atoms with Crippen LogP contribution in [0.15, 0.2) is 54.3 Å². The van der Waals surface area contributed by atoms with Crippen LogP contribution in [0.25, 0.3) is 0 Å². The Hall–Kier alpha value is -1.50. The minimum atomic E-state index is 0.0114. The molecule has 31 heavy (non-hydrogen) atoms. The summed E-state index contributed by atoms with van der Waals surface area (Å²) < 4.78 is 0. The van der Waals surface area contributed by atoms with E-state index in [1.54, 1.807) is 0 Å². The maximum absolute atomic E-state index is 4.22.